The maximum Gasteiger partial charge on any atom is 0.411 e. The smallest absolute Gasteiger partial charge is 0.411 e. The van der Waals surface area contributed by atoms with E-state index in [9.17, 15) is 14.7 Å². The molecule has 2 rings (SSSR count). The first-order valence-electron chi connectivity index (χ1n) is 7.34. The Hall–Kier alpha value is -3.15. The molecule has 0 aliphatic heterocycles. The standard InChI is InChI=1S/C18H18N2O4/c1-2-11-24-18(23)20(13-14-7-4-3-5-8-14)16(17(21)22)15-9-6-10-19-12-15/h2-10,12,16H,1,11,13H2,(H,21,22). The molecule has 0 bridgehead atoms. The van der Waals surface area contributed by atoms with E-state index in [1.54, 1.807) is 18.3 Å². The summed E-state index contributed by atoms with van der Waals surface area (Å²) < 4.78 is 5.06. The van der Waals surface area contributed by atoms with Crippen molar-refractivity contribution >= 4 is 12.1 Å². The van der Waals surface area contributed by atoms with Crippen molar-refractivity contribution in [3.63, 3.8) is 0 Å². The van der Waals surface area contributed by atoms with Crippen molar-refractivity contribution in [2.45, 2.75) is 12.6 Å². The summed E-state index contributed by atoms with van der Waals surface area (Å²) in [6, 6.07) is 11.2. The first-order chi connectivity index (χ1) is 11.6. The fourth-order valence-electron chi connectivity index (χ4n) is 2.25. The molecule has 1 amide bonds. The summed E-state index contributed by atoms with van der Waals surface area (Å²) in [6.45, 7) is 3.60. The summed E-state index contributed by atoms with van der Waals surface area (Å²) in [5.41, 5.74) is 1.19. The molecule has 6 heteroatoms. The van der Waals surface area contributed by atoms with Crippen LogP contribution in [-0.4, -0.2) is 33.7 Å². The molecule has 124 valence electrons. The van der Waals surface area contributed by atoms with Gasteiger partial charge >= 0.3 is 12.1 Å². The van der Waals surface area contributed by atoms with Gasteiger partial charge in [0.1, 0.15) is 6.61 Å². The zero-order chi connectivity index (χ0) is 17.4. The lowest BCUT2D eigenvalue weighted by Crippen LogP contribution is -2.39. The number of aliphatic carboxylic acids is 1. The first kappa shape index (κ1) is 17.2. The van der Waals surface area contributed by atoms with Crippen molar-refractivity contribution in [3.05, 3.63) is 78.6 Å². The van der Waals surface area contributed by atoms with Crippen LogP contribution in [0.3, 0.4) is 0 Å². The van der Waals surface area contributed by atoms with Crippen LogP contribution in [0.2, 0.25) is 0 Å². The Morgan fingerprint density at radius 1 is 1.25 bits per heavy atom. The second-order valence-corrected chi connectivity index (χ2v) is 5.01. The van der Waals surface area contributed by atoms with Crippen molar-refractivity contribution in [2.75, 3.05) is 6.61 Å². The van der Waals surface area contributed by atoms with Crippen LogP contribution in [0, 0.1) is 0 Å². The van der Waals surface area contributed by atoms with Gasteiger partial charge in [0.05, 0.1) is 6.54 Å². The van der Waals surface area contributed by atoms with E-state index >= 15 is 0 Å². The monoisotopic (exact) mass is 326 g/mol. The largest absolute Gasteiger partial charge is 0.479 e. The van der Waals surface area contributed by atoms with Gasteiger partial charge in [-0.05, 0) is 11.6 Å². The van der Waals surface area contributed by atoms with Crippen molar-refractivity contribution in [3.8, 4) is 0 Å². The van der Waals surface area contributed by atoms with E-state index in [0.29, 0.717) is 5.56 Å². The van der Waals surface area contributed by atoms with E-state index in [4.69, 9.17) is 4.74 Å². The summed E-state index contributed by atoms with van der Waals surface area (Å²) in [7, 11) is 0. The summed E-state index contributed by atoms with van der Waals surface area (Å²) in [5.74, 6) is -1.16. The minimum atomic E-state index is -1.20. The number of carbonyl (C=O) groups is 2. The quantitative estimate of drug-likeness (QED) is 0.791. The molecule has 24 heavy (non-hydrogen) atoms. The molecule has 1 unspecified atom stereocenters. The van der Waals surface area contributed by atoms with E-state index in [2.05, 4.69) is 11.6 Å². The molecule has 1 atom stereocenters. The van der Waals surface area contributed by atoms with Crippen LogP contribution in [0.4, 0.5) is 4.79 Å². The van der Waals surface area contributed by atoms with E-state index in [0.717, 1.165) is 10.5 Å². The second-order valence-electron chi connectivity index (χ2n) is 5.01. The lowest BCUT2D eigenvalue weighted by atomic mass is 10.1. The maximum atomic E-state index is 12.4. The number of carboxylic acid groups (broad SMARTS) is 1. The van der Waals surface area contributed by atoms with Gasteiger partial charge in [-0.25, -0.2) is 9.59 Å². The molecule has 1 heterocycles. The molecule has 0 fully saturated rings. The zero-order valence-electron chi connectivity index (χ0n) is 13.0. The van der Waals surface area contributed by atoms with Crippen LogP contribution in [0.1, 0.15) is 17.2 Å². The minimum absolute atomic E-state index is 0.00347. The predicted molar refractivity (Wildman–Crippen MR) is 88.1 cm³/mol. The highest BCUT2D eigenvalue weighted by atomic mass is 16.6. The van der Waals surface area contributed by atoms with Crippen LogP contribution >= 0.6 is 0 Å². The first-order valence-corrected chi connectivity index (χ1v) is 7.34. The lowest BCUT2D eigenvalue weighted by Gasteiger charge is -2.28. The highest BCUT2D eigenvalue weighted by Gasteiger charge is 2.32. The second kappa shape index (κ2) is 8.47. The molecule has 0 aliphatic rings. The molecule has 0 saturated heterocycles. The van der Waals surface area contributed by atoms with Gasteiger partial charge in [0.2, 0.25) is 0 Å². The average Bonchev–Trinajstić information content (AvgIpc) is 2.60. The Bertz CT molecular complexity index is 689. The van der Waals surface area contributed by atoms with Gasteiger partial charge in [-0.15, -0.1) is 0 Å². The van der Waals surface area contributed by atoms with Gasteiger partial charge in [0.15, 0.2) is 6.04 Å². The third kappa shape index (κ3) is 4.42. The molecule has 1 aromatic heterocycles. The molecule has 1 aromatic carbocycles. The maximum absolute atomic E-state index is 12.4. The SMILES string of the molecule is C=CCOC(=O)N(Cc1ccccc1)C(C(=O)O)c1cccnc1. The number of carbonyl (C=O) groups excluding carboxylic acids is 1. The van der Waals surface area contributed by atoms with Crippen LogP contribution in [0.25, 0.3) is 0 Å². The molecule has 6 nitrogen and oxygen atoms in total. The molecular formula is C18H18N2O4. The number of nitrogens with zero attached hydrogens (tertiary/aromatic N) is 2. The average molecular weight is 326 g/mol. The molecule has 0 spiro atoms. The van der Waals surface area contributed by atoms with E-state index in [-0.39, 0.29) is 13.2 Å². The lowest BCUT2D eigenvalue weighted by molar-refractivity contribution is -0.143. The van der Waals surface area contributed by atoms with Gasteiger partial charge < -0.3 is 9.84 Å². The van der Waals surface area contributed by atoms with E-state index in [1.165, 1.54) is 12.3 Å². The Balaban J connectivity index is 2.36. The molecule has 2 aromatic rings. The number of benzene rings is 1. The summed E-state index contributed by atoms with van der Waals surface area (Å²) >= 11 is 0. The third-order valence-electron chi connectivity index (χ3n) is 3.30. The van der Waals surface area contributed by atoms with Gasteiger partial charge in [0.25, 0.3) is 0 Å². The van der Waals surface area contributed by atoms with Crippen molar-refractivity contribution < 1.29 is 19.4 Å². The number of carboxylic acids is 1. The zero-order valence-corrected chi connectivity index (χ0v) is 13.0. The number of ether oxygens (including phenoxy) is 1. The molecule has 1 N–H and O–H groups in total. The number of amides is 1. The highest BCUT2D eigenvalue weighted by Crippen LogP contribution is 2.24. The number of pyridine rings is 1. The highest BCUT2D eigenvalue weighted by molar-refractivity contribution is 5.81. The van der Waals surface area contributed by atoms with Gasteiger partial charge in [-0.1, -0.05) is 49.1 Å². The van der Waals surface area contributed by atoms with Crippen LogP contribution in [-0.2, 0) is 16.1 Å². The number of rotatable bonds is 7. The summed E-state index contributed by atoms with van der Waals surface area (Å²) in [4.78, 5) is 29.3. The molecular weight excluding hydrogens is 308 g/mol. The van der Waals surface area contributed by atoms with Crippen molar-refractivity contribution in [1.29, 1.82) is 0 Å². The van der Waals surface area contributed by atoms with Crippen molar-refractivity contribution in [1.82, 2.24) is 9.88 Å². The van der Waals surface area contributed by atoms with Gasteiger partial charge in [0, 0.05) is 18.0 Å². The van der Waals surface area contributed by atoms with Crippen LogP contribution in [0.15, 0.2) is 67.5 Å². The van der Waals surface area contributed by atoms with Crippen LogP contribution < -0.4 is 0 Å². The van der Waals surface area contributed by atoms with Gasteiger partial charge in [-0.3, -0.25) is 9.88 Å². The Morgan fingerprint density at radius 2 is 2.00 bits per heavy atom. The summed E-state index contributed by atoms with van der Waals surface area (Å²) in [6.07, 6.45) is 3.67. The normalized spacial score (nSPS) is 11.3. The fourth-order valence-corrected chi connectivity index (χ4v) is 2.25. The Morgan fingerprint density at radius 3 is 2.58 bits per heavy atom. The van der Waals surface area contributed by atoms with Crippen molar-refractivity contribution in [2.24, 2.45) is 0 Å². The fraction of sp³-hybridized carbons (Fsp3) is 0.167. The molecule has 0 saturated carbocycles. The van der Waals surface area contributed by atoms with E-state index < -0.39 is 18.1 Å². The minimum Gasteiger partial charge on any atom is -0.479 e. The van der Waals surface area contributed by atoms with Gasteiger partial charge in [-0.2, -0.15) is 0 Å². The number of aromatic nitrogens is 1. The Kier molecular flexibility index (Phi) is 6.08. The molecule has 0 radical (unpaired) electrons. The molecule has 0 aliphatic carbocycles. The number of hydrogen-bond donors (Lipinski definition) is 1. The van der Waals surface area contributed by atoms with E-state index in [1.807, 2.05) is 30.3 Å². The third-order valence-corrected chi connectivity index (χ3v) is 3.30. The number of hydrogen-bond acceptors (Lipinski definition) is 4. The van der Waals surface area contributed by atoms with Crippen LogP contribution in [0.5, 0.6) is 0 Å². The summed E-state index contributed by atoms with van der Waals surface area (Å²) in [5, 5.41) is 9.65. The predicted octanol–water partition coefficient (Wildman–Crippen LogP) is 3.03. The Labute approximate surface area is 140 Å². The topological polar surface area (TPSA) is 79.7 Å².